The van der Waals surface area contributed by atoms with Crippen molar-refractivity contribution in [2.45, 2.75) is 19.5 Å². The summed E-state index contributed by atoms with van der Waals surface area (Å²) in [6.45, 7) is 1.98. The molecule has 0 bridgehead atoms. The summed E-state index contributed by atoms with van der Waals surface area (Å²) in [5.74, 6) is -0.403. The Morgan fingerprint density at radius 3 is 2.81 bits per heavy atom. The lowest BCUT2D eigenvalue weighted by molar-refractivity contribution is -0.119. The predicted molar refractivity (Wildman–Crippen MR) is 82.1 cm³/mol. The zero-order valence-electron chi connectivity index (χ0n) is 11.4. The second kappa shape index (κ2) is 5.37. The number of fused-ring (bicyclic) bond motifs is 1. The molecule has 2 aromatic rings. The van der Waals surface area contributed by atoms with Gasteiger partial charge in [-0.15, -0.1) is 0 Å². The van der Waals surface area contributed by atoms with Crippen molar-refractivity contribution in [1.82, 2.24) is 0 Å². The third-order valence-corrected chi connectivity index (χ3v) is 3.78. The van der Waals surface area contributed by atoms with Gasteiger partial charge < -0.3 is 10.2 Å². The molecule has 108 valence electrons. The number of hydrogen-bond acceptors (Lipinski definition) is 2. The van der Waals surface area contributed by atoms with Crippen LogP contribution in [0.25, 0.3) is 0 Å². The first-order valence-corrected chi connectivity index (χ1v) is 7.05. The summed E-state index contributed by atoms with van der Waals surface area (Å²) in [7, 11) is 0. The Morgan fingerprint density at radius 2 is 2.05 bits per heavy atom. The number of benzene rings is 2. The largest absolute Gasteiger partial charge is 0.372 e. The Bertz CT molecular complexity index is 704. The SMILES string of the molecule is CC1Nc2cc(Cl)ccc2N(Cc2ccccc2F)C1=O. The minimum absolute atomic E-state index is 0.0897. The molecule has 0 radical (unpaired) electrons. The third-order valence-electron chi connectivity index (χ3n) is 3.54. The van der Waals surface area contributed by atoms with Gasteiger partial charge in [-0.3, -0.25) is 4.79 Å². The molecule has 1 unspecified atom stereocenters. The number of amides is 1. The van der Waals surface area contributed by atoms with Crippen LogP contribution in [0.15, 0.2) is 42.5 Å². The number of carbonyl (C=O) groups excluding carboxylic acids is 1. The highest BCUT2D eigenvalue weighted by molar-refractivity contribution is 6.31. The van der Waals surface area contributed by atoms with Crippen molar-refractivity contribution in [1.29, 1.82) is 0 Å². The zero-order chi connectivity index (χ0) is 15.0. The normalized spacial score (nSPS) is 17.4. The van der Waals surface area contributed by atoms with E-state index in [2.05, 4.69) is 5.32 Å². The summed E-state index contributed by atoms with van der Waals surface area (Å²) in [5, 5.41) is 3.70. The van der Waals surface area contributed by atoms with Gasteiger partial charge in [-0.25, -0.2) is 4.39 Å². The topological polar surface area (TPSA) is 32.3 Å². The first-order chi connectivity index (χ1) is 10.1. The fraction of sp³-hybridized carbons (Fsp3) is 0.188. The van der Waals surface area contributed by atoms with E-state index in [1.54, 1.807) is 48.2 Å². The highest BCUT2D eigenvalue weighted by Crippen LogP contribution is 2.34. The van der Waals surface area contributed by atoms with Gasteiger partial charge in [0, 0.05) is 10.6 Å². The minimum atomic E-state index is -0.372. The van der Waals surface area contributed by atoms with Crippen molar-refractivity contribution in [3.8, 4) is 0 Å². The van der Waals surface area contributed by atoms with E-state index in [0.717, 1.165) is 5.69 Å². The predicted octanol–water partition coefficient (Wildman–Crippen LogP) is 3.83. The van der Waals surface area contributed by atoms with Crippen molar-refractivity contribution >= 4 is 28.9 Å². The number of nitrogens with one attached hydrogen (secondary N) is 1. The quantitative estimate of drug-likeness (QED) is 0.914. The van der Waals surface area contributed by atoms with Crippen molar-refractivity contribution in [3.63, 3.8) is 0 Å². The number of halogens is 2. The highest BCUT2D eigenvalue weighted by atomic mass is 35.5. The monoisotopic (exact) mass is 304 g/mol. The van der Waals surface area contributed by atoms with E-state index in [4.69, 9.17) is 11.6 Å². The van der Waals surface area contributed by atoms with Gasteiger partial charge >= 0.3 is 0 Å². The van der Waals surface area contributed by atoms with Crippen LogP contribution in [0.1, 0.15) is 12.5 Å². The van der Waals surface area contributed by atoms with Crippen LogP contribution in [-0.2, 0) is 11.3 Å². The molecule has 1 aliphatic rings. The molecule has 3 rings (SSSR count). The van der Waals surface area contributed by atoms with E-state index in [9.17, 15) is 9.18 Å². The maximum Gasteiger partial charge on any atom is 0.249 e. The highest BCUT2D eigenvalue weighted by Gasteiger charge is 2.30. The number of carbonyl (C=O) groups is 1. The second-order valence-corrected chi connectivity index (χ2v) is 5.48. The van der Waals surface area contributed by atoms with Crippen molar-refractivity contribution in [2.75, 3.05) is 10.2 Å². The fourth-order valence-electron chi connectivity index (χ4n) is 2.47. The smallest absolute Gasteiger partial charge is 0.249 e. The molecule has 0 aliphatic carbocycles. The lowest BCUT2D eigenvalue weighted by Crippen LogP contribution is -2.45. The van der Waals surface area contributed by atoms with Gasteiger partial charge in [0.1, 0.15) is 11.9 Å². The van der Waals surface area contributed by atoms with E-state index in [1.807, 2.05) is 0 Å². The Hall–Kier alpha value is -2.07. The summed E-state index contributed by atoms with van der Waals surface area (Å²) in [6, 6.07) is 11.4. The van der Waals surface area contributed by atoms with Crippen LogP contribution >= 0.6 is 11.6 Å². The Labute approximate surface area is 127 Å². The molecule has 21 heavy (non-hydrogen) atoms. The maximum absolute atomic E-state index is 13.8. The van der Waals surface area contributed by atoms with Gasteiger partial charge in [0.25, 0.3) is 0 Å². The molecule has 5 heteroatoms. The van der Waals surface area contributed by atoms with E-state index in [1.165, 1.54) is 6.07 Å². The molecule has 2 aromatic carbocycles. The Kier molecular flexibility index (Phi) is 3.55. The maximum atomic E-state index is 13.8. The zero-order valence-corrected chi connectivity index (χ0v) is 12.2. The standard InChI is InChI=1S/C16H14ClFN2O/c1-10-16(21)20(9-11-4-2-3-5-13(11)18)15-7-6-12(17)8-14(15)19-10/h2-8,10,19H,9H2,1H3. The minimum Gasteiger partial charge on any atom is -0.372 e. The van der Waals surface area contributed by atoms with Crippen LogP contribution in [0.2, 0.25) is 5.02 Å². The Morgan fingerprint density at radius 1 is 1.29 bits per heavy atom. The molecule has 0 spiro atoms. The van der Waals surface area contributed by atoms with E-state index >= 15 is 0 Å². The van der Waals surface area contributed by atoms with Crippen LogP contribution in [0, 0.1) is 5.82 Å². The van der Waals surface area contributed by atoms with Gasteiger partial charge in [0.15, 0.2) is 0 Å². The molecule has 1 heterocycles. The van der Waals surface area contributed by atoms with Crippen LogP contribution in [0.5, 0.6) is 0 Å². The fourth-order valence-corrected chi connectivity index (χ4v) is 2.64. The van der Waals surface area contributed by atoms with Gasteiger partial charge in [0.05, 0.1) is 17.9 Å². The van der Waals surface area contributed by atoms with Crippen LogP contribution < -0.4 is 10.2 Å². The van der Waals surface area contributed by atoms with Gasteiger partial charge in [-0.2, -0.15) is 0 Å². The lowest BCUT2D eigenvalue weighted by atomic mass is 10.1. The summed E-state index contributed by atoms with van der Waals surface area (Å²) in [6.07, 6.45) is 0. The van der Waals surface area contributed by atoms with Crippen LogP contribution in [0.3, 0.4) is 0 Å². The second-order valence-electron chi connectivity index (χ2n) is 5.04. The average Bonchev–Trinajstić information content (AvgIpc) is 2.45. The molecular weight excluding hydrogens is 291 g/mol. The summed E-state index contributed by atoms with van der Waals surface area (Å²) in [4.78, 5) is 14.0. The average molecular weight is 305 g/mol. The molecule has 0 saturated carbocycles. The number of anilines is 2. The lowest BCUT2D eigenvalue weighted by Gasteiger charge is -2.34. The van der Waals surface area contributed by atoms with E-state index < -0.39 is 0 Å². The molecule has 0 saturated heterocycles. The van der Waals surface area contributed by atoms with E-state index in [-0.39, 0.29) is 24.3 Å². The molecule has 1 amide bonds. The molecule has 0 fully saturated rings. The summed E-state index contributed by atoms with van der Waals surface area (Å²) < 4.78 is 13.8. The molecule has 1 aliphatic heterocycles. The van der Waals surface area contributed by atoms with E-state index in [0.29, 0.717) is 16.3 Å². The Balaban J connectivity index is 2.01. The van der Waals surface area contributed by atoms with Gasteiger partial charge in [-0.05, 0) is 31.2 Å². The van der Waals surface area contributed by atoms with Crippen LogP contribution in [0.4, 0.5) is 15.8 Å². The van der Waals surface area contributed by atoms with Crippen LogP contribution in [-0.4, -0.2) is 11.9 Å². The molecule has 1 atom stereocenters. The number of nitrogens with zero attached hydrogens (tertiary/aromatic N) is 1. The summed E-state index contributed by atoms with van der Waals surface area (Å²) in [5.41, 5.74) is 1.98. The molecule has 1 N–H and O–H groups in total. The molecule has 0 aromatic heterocycles. The third kappa shape index (κ3) is 2.59. The van der Waals surface area contributed by atoms with Crippen molar-refractivity contribution in [2.24, 2.45) is 0 Å². The van der Waals surface area contributed by atoms with Gasteiger partial charge in [-0.1, -0.05) is 29.8 Å². The van der Waals surface area contributed by atoms with Crippen molar-refractivity contribution < 1.29 is 9.18 Å². The summed E-state index contributed by atoms with van der Waals surface area (Å²) >= 11 is 5.99. The van der Waals surface area contributed by atoms with Gasteiger partial charge in [0.2, 0.25) is 5.91 Å². The number of hydrogen-bond donors (Lipinski definition) is 1. The van der Waals surface area contributed by atoms with Crippen molar-refractivity contribution in [3.05, 3.63) is 58.9 Å². The first kappa shape index (κ1) is 13.9. The molecule has 3 nitrogen and oxygen atoms in total. The number of rotatable bonds is 2. The first-order valence-electron chi connectivity index (χ1n) is 6.67. The molecular formula is C16H14ClFN2O.